The summed E-state index contributed by atoms with van der Waals surface area (Å²) in [4.78, 5) is 18.6. The number of anilines is 2. The molecule has 2 aliphatic rings. The summed E-state index contributed by atoms with van der Waals surface area (Å²) in [7, 11) is 4.12. The summed E-state index contributed by atoms with van der Waals surface area (Å²) in [5.41, 5.74) is 2.48. The van der Waals surface area contributed by atoms with E-state index in [1.54, 1.807) is 0 Å². The first-order valence-corrected chi connectivity index (χ1v) is 7.46. The molecule has 4 nitrogen and oxygen atoms in total. The fourth-order valence-electron chi connectivity index (χ4n) is 2.74. The van der Waals surface area contributed by atoms with Gasteiger partial charge in [0.05, 0.1) is 0 Å². The molecule has 0 atom stereocenters. The van der Waals surface area contributed by atoms with E-state index in [0.29, 0.717) is 11.8 Å². The van der Waals surface area contributed by atoms with Crippen molar-refractivity contribution in [2.75, 3.05) is 50.1 Å². The van der Waals surface area contributed by atoms with Gasteiger partial charge in [0.2, 0.25) is 5.91 Å². The minimum Gasteiger partial charge on any atom is -0.378 e. The van der Waals surface area contributed by atoms with Crippen molar-refractivity contribution >= 4 is 17.3 Å². The second-order valence-electron chi connectivity index (χ2n) is 6.00. The molecule has 0 spiro atoms. The van der Waals surface area contributed by atoms with Crippen LogP contribution in [0.25, 0.3) is 0 Å². The lowest BCUT2D eigenvalue weighted by molar-refractivity contribution is -0.132. The predicted molar refractivity (Wildman–Crippen MR) is 82.3 cm³/mol. The van der Waals surface area contributed by atoms with Gasteiger partial charge in [-0.1, -0.05) is 6.07 Å². The van der Waals surface area contributed by atoms with E-state index in [2.05, 4.69) is 48.2 Å². The lowest BCUT2D eigenvalue weighted by Crippen LogP contribution is -2.49. The van der Waals surface area contributed by atoms with Crippen molar-refractivity contribution < 1.29 is 4.79 Å². The summed E-state index contributed by atoms with van der Waals surface area (Å²) < 4.78 is 0. The second-order valence-corrected chi connectivity index (χ2v) is 6.00. The maximum Gasteiger partial charge on any atom is 0.225 e. The number of carbonyl (C=O) groups is 1. The molecule has 0 aromatic heterocycles. The summed E-state index contributed by atoms with van der Waals surface area (Å²) in [6.07, 6.45) is 2.20. The normalized spacial score (nSPS) is 19.1. The monoisotopic (exact) mass is 273 g/mol. The number of carbonyl (C=O) groups excluding carboxylic acids is 1. The zero-order valence-electron chi connectivity index (χ0n) is 12.4. The molecule has 1 saturated heterocycles. The molecule has 0 radical (unpaired) electrons. The van der Waals surface area contributed by atoms with Gasteiger partial charge in [-0.05, 0) is 31.0 Å². The highest BCUT2D eigenvalue weighted by Crippen LogP contribution is 2.31. The van der Waals surface area contributed by atoms with Gasteiger partial charge in [0.1, 0.15) is 0 Å². The zero-order chi connectivity index (χ0) is 14.1. The van der Waals surface area contributed by atoms with Crippen LogP contribution in [0.1, 0.15) is 12.8 Å². The van der Waals surface area contributed by atoms with Crippen LogP contribution < -0.4 is 9.80 Å². The quantitative estimate of drug-likeness (QED) is 0.840. The lowest BCUT2D eigenvalue weighted by Gasteiger charge is -2.36. The molecule has 0 bridgehead atoms. The molecule has 3 rings (SSSR count). The molecule has 1 aromatic rings. The van der Waals surface area contributed by atoms with E-state index in [4.69, 9.17) is 0 Å². The Hall–Kier alpha value is -1.71. The van der Waals surface area contributed by atoms with Crippen molar-refractivity contribution in [3.63, 3.8) is 0 Å². The van der Waals surface area contributed by atoms with Crippen LogP contribution in [0.4, 0.5) is 11.4 Å². The van der Waals surface area contributed by atoms with E-state index in [-0.39, 0.29) is 0 Å². The fourth-order valence-corrected chi connectivity index (χ4v) is 2.74. The van der Waals surface area contributed by atoms with Gasteiger partial charge in [-0.2, -0.15) is 0 Å². The smallest absolute Gasteiger partial charge is 0.225 e. The molecule has 1 aliphatic carbocycles. The summed E-state index contributed by atoms with van der Waals surface area (Å²) in [6, 6.07) is 8.60. The zero-order valence-corrected chi connectivity index (χ0v) is 12.4. The topological polar surface area (TPSA) is 26.8 Å². The second kappa shape index (κ2) is 5.35. The summed E-state index contributed by atoms with van der Waals surface area (Å²) in [5.74, 6) is 0.727. The van der Waals surface area contributed by atoms with Crippen LogP contribution in [0.2, 0.25) is 0 Å². The SMILES string of the molecule is CN(C)c1cccc(N2CCN(C(=O)C3CC3)CC2)c1. The van der Waals surface area contributed by atoms with Gasteiger partial charge in [-0.15, -0.1) is 0 Å². The van der Waals surface area contributed by atoms with Crippen molar-refractivity contribution in [2.24, 2.45) is 5.92 Å². The van der Waals surface area contributed by atoms with Crippen molar-refractivity contribution in [3.8, 4) is 0 Å². The van der Waals surface area contributed by atoms with Crippen molar-refractivity contribution in [1.82, 2.24) is 4.90 Å². The average molecular weight is 273 g/mol. The molecule has 1 aliphatic heterocycles. The van der Waals surface area contributed by atoms with Crippen LogP contribution in [0.15, 0.2) is 24.3 Å². The summed E-state index contributed by atoms with van der Waals surface area (Å²) in [5, 5.41) is 0. The Morgan fingerprint density at radius 1 is 1.15 bits per heavy atom. The molecule has 1 heterocycles. The van der Waals surface area contributed by atoms with Crippen LogP contribution in [0.3, 0.4) is 0 Å². The Kier molecular flexibility index (Phi) is 3.55. The lowest BCUT2D eigenvalue weighted by atomic mass is 10.2. The van der Waals surface area contributed by atoms with Gasteiger partial charge >= 0.3 is 0 Å². The van der Waals surface area contributed by atoms with Gasteiger partial charge < -0.3 is 14.7 Å². The van der Waals surface area contributed by atoms with E-state index < -0.39 is 0 Å². The molecule has 0 unspecified atom stereocenters. The molecule has 1 saturated carbocycles. The number of hydrogen-bond donors (Lipinski definition) is 0. The van der Waals surface area contributed by atoms with Crippen molar-refractivity contribution in [2.45, 2.75) is 12.8 Å². The Morgan fingerprint density at radius 3 is 2.45 bits per heavy atom. The van der Waals surface area contributed by atoms with Crippen LogP contribution in [-0.2, 0) is 4.79 Å². The molecule has 108 valence electrons. The number of nitrogens with zero attached hydrogens (tertiary/aromatic N) is 3. The number of hydrogen-bond acceptors (Lipinski definition) is 3. The Morgan fingerprint density at radius 2 is 1.85 bits per heavy atom. The van der Waals surface area contributed by atoms with E-state index >= 15 is 0 Å². The molecule has 2 fully saturated rings. The minimum absolute atomic E-state index is 0.346. The molecular weight excluding hydrogens is 250 g/mol. The molecule has 4 heteroatoms. The van der Waals surface area contributed by atoms with E-state index in [9.17, 15) is 4.79 Å². The highest BCUT2D eigenvalue weighted by atomic mass is 16.2. The van der Waals surface area contributed by atoms with Crippen LogP contribution >= 0.6 is 0 Å². The number of rotatable bonds is 3. The summed E-state index contributed by atoms with van der Waals surface area (Å²) in [6.45, 7) is 3.60. The molecule has 0 N–H and O–H groups in total. The van der Waals surface area contributed by atoms with Crippen LogP contribution in [0, 0.1) is 5.92 Å². The average Bonchev–Trinajstić information content (AvgIpc) is 3.31. The highest BCUT2D eigenvalue weighted by Gasteiger charge is 2.34. The fraction of sp³-hybridized carbons (Fsp3) is 0.562. The maximum atomic E-state index is 12.0. The molecule has 1 aromatic carbocycles. The Balaban J connectivity index is 1.62. The first-order valence-electron chi connectivity index (χ1n) is 7.46. The van der Waals surface area contributed by atoms with Crippen molar-refractivity contribution in [1.29, 1.82) is 0 Å². The molecule has 1 amide bonds. The number of piperazine rings is 1. The van der Waals surface area contributed by atoms with Gasteiger partial charge in [0.25, 0.3) is 0 Å². The molecule has 20 heavy (non-hydrogen) atoms. The van der Waals surface area contributed by atoms with Gasteiger partial charge in [-0.3, -0.25) is 4.79 Å². The Bertz CT molecular complexity index is 488. The maximum absolute atomic E-state index is 12.0. The minimum atomic E-state index is 0.346. The van der Waals surface area contributed by atoms with Gasteiger partial charge in [0.15, 0.2) is 0 Å². The van der Waals surface area contributed by atoms with E-state index in [0.717, 1.165) is 39.0 Å². The van der Waals surface area contributed by atoms with Crippen molar-refractivity contribution in [3.05, 3.63) is 24.3 Å². The first-order chi connectivity index (χ1) is 9.65. The van der Waals surface area contributed by atoms with E-state index in [1.807, 2.05) is 4.90 Å². The Labute approximate surface area is 121 Å². The number of amides is 1. The number of benzene rings is 1. The first kappa shape index (κ1) is 13.3. The third kappa shape index (κ3) is 2.74. The summed E-state index contributed by atoms with van der Waals surface area (Å²) >= 11 is 0. The molecular formula is C16H23N3O. The largest absolute Gasteiger partial charge is 0.378 e. The predicted octanol–water partition coefficient (Wildman–Crippen LogP) is 1.81. The van der Waals surface area contributed by atoms with Crippen LogP contribution in [0.5, 0.6) is 0 Å². The third-order valence-electron chi connectivity index (χ3n) is 4.23. The van der Waals surface area contributed by atoms with E-state index in [1.165, 1.54) is 11.4 Å². The van der Waals surface area contributed by atoms with Gasteiger partial charge in [-0.25, -0.2) is 0 Å². The third-order valence-corrected chi connectivity index (χ3v) is 4.23. The van der Waals surface area contributed by atoms with Gasteiger partial charge in [0, 0.05) is 57.6 Å². The highest BCUT2D eigenvalue weighted by molar-refractivity contribution is 5.81. The standard InChI is InChI=1S/C16H23N3O/c1-17(2)14-4-3-5-15(12-14)18-8-10-19(11-9-18)16(20)13-6-7-13/h3-5,12-13H,6-11H2,1-2H3. The van der Waals surface area contributed by atoms with Crippen LogP contribution in [-0.4, -0.2) is 51.1 Å².